The Balaban J connectivity index is 1.54. The zero-order valence-corrected chi connectivity index (χ0v) is 22.6. The number of alkyl halides is 7. The van der Waals surface area contributed by atoms with Gasteiger partial charge in [-0.3, -0.25) is 14.3 Å². The number of benzene rings is 1. The van der Waals surface area contributed by atoms with Crippen molar-refractivity contribution in [2.75, 3.05) is 5.32 Å². The fraction of sp³-hybridized carbons (Fsp3) is 0.154. The number of carbonyl (C=O) groups is 2. The van der Waals surface area contributed by atoms with Crippen LogP contribution in [0, 0.1) is 0 Å². The van der Waals surface area contributed by atoms with Crippen LogP contribution in [0.1, 0.15) is 55.9 Å². The van der Waals surface area contributed by atoms with Gasteiger partial charge >= 0.3 is 6.18 Å². The minimum Gasteiger partial charge on any atom is -0.454 e. The van der Waals surface area contributed by atoms with Crippen LogP contribution in [0.2, 0.25) is 5.02 Å². The van der Waals surface area contributed by atoms with Gasteiger partial charge in [0.05, 0.1) is 17.3 Å². The van der Waals surface area contributed by atoms with Crippen LogP contribution in [0.3, 0.4) is 0 Å². The molecular weight excluding hydrogens is 631 g/mol. The van der Waals surface area contributed by atoms with Crippen LogP contribution in [0.15, 0.2) is 52.9 Å². The Kier molecular flexibility index (Phi) is 7.91. The summed E-state index contributed by atoms with van der Waals surface area (Å²) in [4.78, 5) is 28.6. The standard InChI is InChI=1S/C26H15ClF7N5O3S/c27-16-18(21(28)29)38-39(19(16)22(30)31)9-11-6-7-13(42-11)24(41)37-17-15-12(10-4-2-1-3-5-10)8-14(26(32,33)34)36-25(15)43-20(17)23(35)40/h1-8,21-22H,9H2,(H2,35,40)(H,37,41). The molecular formula is C26H15ClF7N5O3S. The molecule has 224 valence electrons. The molecule has 17 heteroatoms. The Bertz CT molecular complexity index is 1850. The first-order chi connectivity index (χ1) is 20.3. The smallest absolute Gasteiger partial charge is 0.433 e. The molecule has 0 aliphatic heterocycles. The van der Waals surface area contributed by atoms with Crippen molar-refractivity contribution in [1.82, 2.24) is 14.8 Å². The molecule has 0 unspecified atom stereocenters. The van der Waals surface area contributed by atoms with Crippen LogP contribution in [0.25, 0.3) is 21.3 Å². The van der Waals surface area contributed by atoms with Crippen molar-refractivity contribution in [3.8, 4) is 11.1 Å². The Morgan fingerprint density at radius 2 is 1.77 bits per heavy atom. The van der Waals surface area contributed by atoms with Gasteiger partial charge in [0.25, 0.3) is 24.7 Å². The minimum absolute atomic E-state index is 0.00188. The summed E-state index contributed by atoms with van der Waals surface area (Å²) in [5, 5.41) is 4.95. The highest BCUT2D eigenvalue weighted by atomic mass is 35.5. The van der Waals surface area contributed by atoms with E-state index in [0.29, 0.717) is 21.6 Å². The molecule has 0 radical (unpaired) electrons. The van der Waals surface area contributed by atoms with E-state index in [2.05, 4.69) is 15.4 Å². The van der Waals surface area contributed by atoms with Crippen LogP contribution in [-0.2, 0) is 12.7 Å². The lowest BCUT2D eigenvalue weighted by atomic mass is 10.0. The Morgan fingerprint density at radius 1 is 1.07 bits per heavy atom. The van der Waals surface area contributed by atoms with Crippen LogP contribution >= 0.6 is 22.9 Å². The molecule has 0 bridgehead atoms. The number of pyridine rings is 1. The van der Waals surface area contributed by atoms with E-state index < -0.39 is 65.3 Å². The van der Waals surface area contributed by atoms with Crippen LogP contribution in [0.4, 0.5) is 36.4 Å². The highest BCUT2D eigenvalue weighted by molar-refractivity contribution is 7.21. The topological polar surface area (TPSA) is 116 Å². The molecule has 1 aromatic carbocycles. The van der Waals surface area contributed by atoms with E-state index in [9.17, 15) is 40.3 Å². The van der Waals surface area contributed by atoms with Gasteiger partial charge in [0.2, 0.25) is 0 Å². The van der Waals surface area contributed by atoms with Crippen LogP contribution < -0.4 is 11.1 Å². The van der Waals surface area contributed by atoms with Gasteiger partial charge in [0, 0.05) is 5.39 Å². The number of nitrogens with zero attached hydrogens (tertiary/aromatic N) is 3. The summed E-state index contributed by atoms with van der Waals surface area (Å²) in [5.41, 5.74) is 2.31. The molecule has 0 saturated carbocycles. The number of aromatic nitrogens is 3. The van der Waals surface area contributed by atoms with Crippen molar-refractivity contribution < 1.29 is 44.7 Å². The lowest BCUT2D eigenvalue weighted by molar-refractivity contribution is -0.140. The van der Waals surface area contributed by atoms with Gasteiger partial charge in [0.15, 0.2) is 5.76 Å². The molecule has 5 rings (SSSR count). The molecule has 0 aliphatic carbocycles. The number of primary amides is 1. The van der Waals surface area contributed by atoms with E-state index in [0.717, 1.165) is 12.1 Å². The van der Waals surface area contributed by atoms with E-state index >= 15 is 0 Å². The van der Waals surface area contributed by atoms with E-state index in [1.807, 2.05) is 0 Å². The zero-order valence-electron chi connectivity index (χ0n) is 21.1. The summed E-state index contributed by atoms with van der Waals surface area (Å²) in [6, 6.07) is 10.9. The van der Waals surface area contributed by atoms with Crippen molar-refractivity contribution in [2.45, 2.75) is 25.6 Å². The maximum Gasteiger partial charge on any atom is 0.433 e. The van der Waals surface area contributed by atoms with E-state index in [-0.39, 0.29) is 32.1 Å². The van der Waals surface area contributed by atoms with E-state index in [1.165, 1.54) is 18.2 Å². The second kappa shape index (κ2) is 11.3. The molecule has 2 amide bonds. The van der Waals surface area contributed by atoms with Crippen molar-refractivity contribution in [2.24, 2.45) is 5.73 Å². The van der Waals surface area contributed by atoms with Gasteiger partial charge in [-0.25, -0.2) is 22.5 Å². The largest absolute Gasteiger partial charge is 0.454 e. The van der Waals surface area contributed by atoms with Crippen molar-refractivity contribution in [3.05, 3.63) is 87.0 Å². The first-order valence-electron chi connectivity index (χ1n) is 11.9. The number of nitrogens with one attached hydrogen (secondary N) is 1. The molecule has 5 aromatic rings. The van der Waals surface area contributed by atoms with Gasteiger partial charge in [-0.2, -0.15) is 18.3 Å². The van der Waals surface area contributed by atoms with Crippen LogP contribution in [0.5, 0.6) is 0 Å². The average Bonchev–Trinajstić information content (AvgIpc) is 3.64. The normalized spacial score (nSPS) is 12.0. The Labute approximate surface area is 244 Å². The number of nitrogens with two attached hydrogens (primary N) is 1. The summed E-state index contributed by atoms with van der Waals surface area (Å²) >= 11 is 6.20. The van der Waals surface area contributed by atoms with E-state index in [4.69, 9.17) is 21.8 Å². The Morgan fingerprint density at radius 3 is 2.37 bits per heavy atom. The summed E-state index contributed by atoms with van der Waals surface area (Å²) in [6.07, 6.45) is -11.3. The maximum absolute atomic E-state index is 13.7. The molecule has 4 heterocycles. The highest BCUT2D eigenvalue weighted by Crippen LogP contribution is 2.44. The fourth-order valence-electron chi connectivity index (χ4n) is 4.23. The molecule has 8 nitrogen and oxygen atoms in total. The first kappa shape index (κ1) is 30.0. The van der Waals surface area contributed by atoms with Gasteiger partial charge < -0.3 is 15.5 Å². The van der Waals surface area contributed by atoms with E-state index in [1.54, 1.807) is 18.2 Å². The number of carbonyl (C=O) groups excluding carboxylic acids is 2. The third-order valence-electron chi connectivity index (χ3n) is 6.06. The van der Waals surface area contributed by atoms with Gasteiger partial charge in [0.1, 0.15) is 32.5 Å². The first-order valence-corrected chi connectivity index (χ1v) is 13.1. The lowest BCUT2D eigenvalue weighted by Gasteiger charge is -2.12. The predicted octanol–water partition coefficient (Wildman–Crippen LogP) is 7.70. The summed E-state index contributed by atoms with van der Waals surface area (Å²) in [6.45, 7) is -0.602. The monoisotopic (exact) mass is 645 g/mol. The number of anilines is 1. The van der Waals surface area contributed by atoms with Crippen LogP contribution in [-0.4, -0.2) is 26.6 Å². The summed E-state index contributed by atoms with van der Waals surface area (Å²) in [7, 11) is 0. The number of fused-ring (bicyclic) bond motifs is 1. The number of hydrogen-bond donors (Lipinski definition) is 2. The molecule has 0 spiro atoms. The zero-order chi connectivity index (χ0) is 31.2. The number of halogens is 8. The maximum atomic E-state index is 13.7. The number of amides is 2. The molecule has 0 fully saturated rings. The van der Waals surface area contributed by atoms with Gasteiger partial charge in [-0.15, -0.1) is 11.3 Å². The Hall–Kier alpha value is -4.44. The van der Waals surface area contributed by atoms with Crippen molar-refractivity contribution in [3.63, 3.8) is 0 Å². The number of furan rings is 1. The molecule has 43 heavy (non-hydrogen) atoms. The fourth-order valence-corrected chi connectivity index (χ4v) is 5.54. The lowest BCUT2D eigenvalue weighted by Crippen LogP contribution is -2.16. The van der Waals surface area contributed by atoms with Gasteiger partial charge in [-0.1, -0.05) is 41.9 Å². The predicted molar refractivity (Wildman–Crippen MR) is 141 cm³/mol. The molecule has 0 saturated heterocycles. The number of hydrogen-bond acceptors (Lipinski definition) is 6. The third-order valence-corrected chi connectivity index (χ3v) is 7.55. The third kappa shape index (κ3) is 5.79. The summed E-state index contributed by atoms with van der Waals surface area (Å²) in [5.74, 6) is -2.63. The average molecular weight is 646 g/mol. The van der Waals surface area contributed by atoms with Crippen molar-refractivity contribution in [1.29, 1.82) is 0 Å². The second-order valence-corrected chi connectivity index (χ2v) is 10.2. The molecule has 4 aromatic heterocycles. The highest BCUT2D eigenvalue weighted by Gasteiger charge is 2.35. The molecule has 0 aliphatic rings. The number of thiophene rings is 1. The van der Waals surface area contributed by atoms with Gasteiger partial charge in [-0.05, 0) is 29.3 Å². The minimum atomic E-state index is -4.83. The second-order valence-electron chi connectivity index (χ2n) is 8.83. The quantitative estimate of drug-likeness (QED) is 0.168. The van der Waals surface area contributed by atoms with Crippen molar-refractivity contribution >= 4 is 50.7 Å². The number of rotatable bonds is 8. The molecule has 0 atom stereocenters. The molecule has 3 N–H and O–H groups in total. The summed E-state index contributed by atoms with van der Waals surface area (Å²) < 4.78 is 100. The SMILES string of the molecule is NC(=O)c1sc2nc(C(F)(F)F)cc(-c3ccccc3)c2c1NC(=O)c1ccc(Cn2nc(C(F)F)c(Cl)c2C(F)F)o1.